The Morgan fingerprint density at radius 3 is 2.65 bits per heavy atom. The van der Waals surface area contributed by atoms with Gasteiger partial charge in [-0.25, -0.2) is 0 Å². The summed E-state index contributed by atoms with van der Waals surface area (Å²) in [6.45, 7) is 0.640. The van der Waals surface area contributed by atoms with Gasteiger partial charge in [-0.3, -0.25) is 4.79 Å². The number of ether oxygens (including phenoxy) is 1. The maximum Gasteiger partial charge on any atom is 0.224 e. The summed E-state index contributed by atoms with van der Waals surface area (Å²) < 4.78 is 5.11. The lowest BCUT2D eigenvalue weighted by atomic mass is 10.1. The molecule has 4 nitrogen and oxygen atoms in total. The van der Waals surface area contributed by atoms with Crippen molar-refractivity contribution in [3.63, 3.8) is 0 Å². The van der Waals surface area contributed by atoms with E-state index in [1.54, 1.807) is 7.11 Å². The van der Waals surface area contributed by atoms with Crippen molar-refractivity contribution in [3.8, 4) is 5.75 Å². The minimum Gasteiger partial charge on any atom is -0.497 e. The minimum atomic E-state index is 0.0381. The predicted molar refractivity (Wildman–Crippen MR) is 91.7 cm³/mol. The number of carbonyl (C=O) groups is 1. The maximum atomic E-state index is 12.0. The zero-order chi connectivity index (χ0) is 16.1. The van der Waals surface area contributed by atoms with Crippen LogP contribution in [0.5, 0.6) is 5.75 Å². The van der Waals surface area contributed by atoms with Crippen LogP contribution in [-0.2, 0) is 17.6 Å². The first kappa shape index (κ1) is 15.2. The van der Waals surface area contributed by atoms with Gasteiger partial charge in [0.1, 0.15) is 5.75 Å². The number of amides is 1. The third-order valence-corrected chi connectivity index (χ3v) is 3.88. The van der Waals surface area contributed by atoms with Gasteiger partial charge in [-0.05, 0) is 47.2 Å². The second-order valence-electron chi connectivity index (χ2n) is 5.52. The number of carbonyl (C=O) groups excluding carboxylic acids is 1. The minimum absolute atomic E-state index is 0.0381. The number of hydrogen-bond donors (Lipinski definition) is 2. The number of nitrogens with one attached hydrogen (secondary N) is 2. The standard InChI is InChI=1S/C19H20N2O2/c1-23-17-6-3-14(4-7-17)13-19(22)21-10-8-15-2-5-16-9-11-20-18(16)12-15/h2-7,9,11-12,20H,8,10,13H2,1H3,(H,21,22). The van der Waals surface area contributed by atoms with Gasteiger partial charge >= 0.3 is 0 Å². The lowest BCUT2D eigenvalue weighted by Gasteiger charge is -2.06. The Hall–Kier alpha value is -2.75. The molecule has 0 aliphatic heterocycles. The summed E-state index contributed by atoms with van der Waals surface area (Å²) in [5, 5.41) is 4.18. The Labute approximate surface area is 135 Å². The second kappa shape index (κ2) is 7.01. The third-order valence-electron chi connectivity index (χ3n) is 3.88. The molecule has 0 aliphatic rings. The predicted octanol–water partition coefficient (Wildman–Crippen LogP) is 3.08. The molecule has 0 atom stereocenters. The molecule has 2 aromatic carbocycles. The van der Waals surface area contributed by atoms with Gasteiger partial charge < -0.3 is 15.0 Å². The number of aromatic amines is 1. The normalized spacial score (nSPS) is 10.7. The zero-order valence-electron chi connectivity index (χ0n) is 13.1. The van der Waals surface area contributed by atoms with Crippen LogP contribution in [0.25, 0.3) is 10.9 Å². The molecule has 23 heavy (non-hydrogen) atoms. The molecule has 3 aromatic rings. The number of methoxy groups -OCH3 is 1. The van der Waals surface area contributed by atoms with Crippen LogP contribution in [0.1, 0.15) is 11.1 Å². The average molecular weight is 308 g/mol. The summed E-state index contributed by atoms with van der Waals surface area (Å²) in [7, 11) is 1.63. The van der Waals surface area contributed by atoms with Crippen LogP contribution in [0.3, 0.4) is 0 Å². The number of H-pyrrole nitrogens is 1. The SMILES string of the molecule is COc1ccc(CC(=O)NCCc2ccc3cc[nH]c3c2)cc1. The smallest absolute Gasteiger partial charge is 0.224 e. The Morgan fingerprint density at radius 2 is 1.87 bits per heavy atom. The summed E-state index contributed by atoms with van der Waals surface area (Å²) in [6, 6.07) is 15.9. The molecule has 2 N–H and O–H groups in total. The monoisotopic (exact) mass is 308 g/mol. The second-order valence-corrected chi connectivity index (χ2v) is 5.52. The topological polar surface area (TPSA) is 54.1 Å². The molecule has 0 saturated heterocycles. The Morgan fingerprint density at radius 1 is 1.09 bits per heavy atom. The molecule has 118 valence electrons. The molecule has 3 rings (SSSR count). The molecule has 0 radical (unpaired) electrons. The van der Waals surface area contributed by atoms with Crippen LogP contribution >= 0.6 is 0 Å². The molecule has 0 saturated carbocycles. The molecule has 0 bridgehead atoms. The van der Waals surface area contributed by atoms with Crippen LogP contribution in [0, 0.1) is 0 Å². The van der Waals surface area contributed by atoms with Crippen molar-refractivity contribution in [2.75, 3.05) is 13.7 Å². The van der Waals surface area contributed by atoms with Gasteiger partial charge in [-0.2, -0.15) is 0 Å². The molecule has 4 heteroatoms. The Bertz CT molecular complexity index is 790. The first-order valence-electron chi connectivity index (χ1n) is 7.70. The van der Waals surface area contributed by atoms with E-state index in [0.29, 0.717) is 13.0 Å². The molecular formula is C19H20N2O2. The summed E-state index contributed by atoms with van der Waals surface area (Å²) in [6.07, 6.45) is 3.15. The summed E-state index contributed by atoms with van der Waals surface area (Å²) in [4.78, 5) is 15.2. The van der Waals surface area contributed by atoms with Crippen LogP contribution in [0.15, 0.2) is 54.7 Å². The number of hydrogen-bond acceptors (Lipinski definition) is 2. The van der Waals surface area contributed by atoms with Crippen molar-refractivity contribution in [2.24, 2.45) is 0 Å². The lowest BCUT2D eigenvalue weighted by Crippen LogP contribution is -2.27. The van der Waals surface area contributed by atoms with Crippen molar-refractivity contribution in [1.82, 2.24) is 10.3 Å². The van der Waals surface area contributed by atoms with Crippen molar-refractivity contribution in [2.45, 2.75) is 12.8 Å². The van der Waals surface area contributed by atoms with E-state index in [2.05, 4.69) is 34.6 Å². The van der Waals surface area contributed by atoms with E-state index in [1.807, 2.05) is 30.5 Å². The van der Waals surface area contributed by atoms with E-state index in [9.17, 15) is 4.79 Å². The van der Waals surface area contributed by atoms with E-state index in [4.69, 9.17) is 4.74 Å². The van der Waals surface area contributed by atoms with E-state index in [0.717, 1.165) is 23.3 Å². The van der Waals surface area contributed by atoms with Crippen LogP contribution in [0.4, 0.5) is 0 Å². The molecule has 1 heterocycles. The Balaban J connectivity index is 1.48. The van der Waals surface area contributed by atoms with Gasteiger partial charge in [-0.1, -0.05) is 24.3 Å². The van der Waals surface area contributed by atoms with Gasteiger partial charge in [0, 0.05) is 18.3 Å². The molecule has 0 fully saturated rings. The first-order chi connectivity index (χ1) is 11.2. The number of rotatable bonds is 6. The largest absolute Gasteiger partial charge is 0.497 e. The van der Waals surface area contributed by atoms with Crippen LogP contribution in [0.2, 0.25) is 0 Å². The maximum absolute atomic E-state index is 12.0. The molecule has 0 spiro atoms. The summed E-state index contributed by atoms with van der Waals surface area (Å²) >= 11 is 0. The quantitative estimate of drug-likeness (QED) is 0.735. The van der Waals surface area contributed by atoms with Crippen molar-refractivity contribution >= 4 is 16.8 Å². The fourth-order valence-corrected chi connectivity index (χ4v) is 2.59. The van der Waals surface area contributed by atoms with E-state index < -0.39 is 0 Å². The highest BCUT2D eigenvalue weighted by Crippen LogP contribution is 2.14. The molecule has 0 unspecified atom stereocenters. The number of benzene rings is 2. The van der Waals surface area contributed by atoms with Crippen LogP contribution < -0.4 is 10.1 Å². The van der Waals surface area contributed by atoms with Crippen molar-refractivity contribution in [3.05, 3.63) is 65.9 Å². The average Bonchev–Trinajstić information content (AvgIpc) is 3.03. The van der Waals surface area contributed by atoms with Gasteiger partial charge in [-0.15, -0.1) is 0 Å². The van der Waals surface area contributed by atoms with E-state index in [-0.39, 0.29) is 5.91 Å². The fourth-order valence-electron chi connectivity index (χ4n) is 2.59. The van der Waals surface area contributed by atoms with Gasteiger partial charge in [0.25, 0.3) is 0 Å². The Kier molecular flexibility index (Phi) is 4.62. The molecular weight excluding hydrogens is 288 g/mol. The first-order valence-corrected chi connectivity index (χ1v) is 7.70. The molecule has 1 aromatic heterocycles. The van der Waals surface area contributed by atoms with E-state index in [1.165, 1.54) is 10.9 Å². The molecule has 1 amide bonds. The zero-order valence-corrected chi connectivity index (χ0v) is 13.1. The highest BCUT2D eigenvalue weighted by atomic mass is 16.5. The highest BCUT2D eigenvalue weighted by molar-refractivity contribution is 5.80. The molecule has 0 aliphatic carbocycles. The van der Waals surface area contributed by atoms with Gasteiger partial charge in [0.05, 0.1) is 13.5 Å². The van der Waals surface area contributed by atoms with Crippen molar-refractivity contribution < 1.29 is 9.53 Å². The summed E-state index contributed by atoms with van der Waals surface area (Å²) in [5.41, 5.74) is 3.33. The number of aromatic nitrogens is 1. The van der Waals surface area contributed by atoms with Gasteiger partial charge in [0.2, 0.25) is 5.91 Å². The van der Waals surface area contributed by atoms with Crippen LogP contribution in [-0.4, -0.2) is 24.5 Å². The number of fused-ring (bicyclic) bond motifs is 1. The van der Waals surface area contributed by atoms with Gasteiger partial charge in [0.15, 0.2) is 0 Å². The summed E-state index contributed by atoms with van der Waals surface area (Å²) in [5.74, 6) is 0.838. The van der Waals surface area contributed by atoms with E-state index >= 15 is 0 Å². The highest BCUT2D eigenvalue weighted by Gasteiger charge is 2.04. The third kappa shape index (κ3) is 3.92. The lowest BCUT2D eigenvalue weighted by molar-refractivity contribution is -0.120. The fraction of sp³-hybridized carbons (Fsp3) is 0.211. The van der Waals surface area contributed by atoms with Crippen molar-refractivity contribution in [1.29, 1.82) is 0 Å².